The quantitative estimate of drug-likeness (QED) is 0.721. The molecule has 1 amide bonds. The summed E-state index contributed by atoms with van der Waals surface area (Å²) < 4.78 is 2.11. The molecule has 1 aliphatic rings. The number of nitriles is 1. The van der Waals surface area contributed by atoms with Gasteiger partial charge in [-0.1, -0.05) is 12.8 Å². The highest BCUT2D eigenvalue weighted by Crippen LogP contribution is 2.38. The van der Waals surface area contributed by atoms with Crippen LogP contribution in [0, 0.1) is 11.3 Å². The largest absolute Gasteiger partial charge is 0.352 e. The molecule has 3 aromatic rings. The van der Waals surface area contributed by atoms with Crippen LogP contribution in [0.25, 0.3) is 22.0 Å². The predicted octanol–water partition coefficient (Wildman–Crippen LogP) is 3.79. The lowest BCUT2D eigenvalue weighted by Crippen LogP contribution is -2.21. The summed E-state index contributed by atoms with van der Waals surface area (Å²) >= 11 is 1.36. The number of carbonyl (C=O) groups is 1. The van der Waals surface area contributed by atoms with Crippen molar-refractivity contribution >= 4 is 28.1 Å². The van der Waals surface area contributed by atoms with Crippen LogP contribution in [0.5, 0.6) is 0 Å². The van der Waals surface area contributed by atoms with Gasteiger partial charge in [-0.2, -0.15) is 5.26 Å². The molecular formula is C20H20N4O2S. The smallest absolute Gasteiger partial charge is 0.261 e. The second kappa shape index (κ2) is 7.05. The fraction of sp³-hybridized carbons (Fsp3) is 0.350. The summed E-state index contributed by atoms with van der Waals surface area (Å²) in [6, 6.07) is 4.34. The molecule has 0 unspecified atom stereocenters. The van der Waals surface area contributed by atoms with Crippen LogP contribution in [0.3, 0.4) is 0 Å². The van der Waals surface area contributed by atoms with Gasteiger partial charge < -0.3 is 14.9 Å². The Morgan fingerprint density at radius 2 is 2.22 bits per heavy atom. The summed E-state index contributed by atoms with van der Waals surface area (Å²) in [7, 11) is 0. The minimum absolute atomic E-state index is 0.111. The van der Waals surface area contributed by atoms with Crippen LogP contribution in [0.4, 0.5) is 0 Å². The molecule has 0 radical (unpaired) electrons. The molecule has 7 heteroatoms. The average molecular weight is 380 g/mol. The number of hydrogen-bond acceptors (Lipinski definition) is 4. The number of nitrogens with one attached hydrogen (secondary N) is 2. The Balaban J connectivity index is 1.92. The van der Waals surface area contributed by atoms with Crippen molar-refractivity contribution in [1.82, 2.24) is 14.9 Å². The van der Waals surface area contributed by atoms with E-state index in [1.54, 1.807) is 0 Å². The molecule has 0 aliphatic heterocycles. The lowest BCUT2D eigenvalue weighted by atomic mass is 10.1. The molecule has 0 aromatic carbocycles. The summed E-state index contributed by atoms with van der Waals surface area (Å²) in [6.07, 6.45) is 7.90. The van der Waals surface area contributed by atoms with E-state index in [-0.39, 0.29) is 11.5 Å². The molecule has 4 rings (SSSR count). The average Bonchev–Trinajstić information content (AvgIpc) is 3.40. The highest BCUT2D eigenvalue weighted by Gasteiger charge is 2.24. The van der Waals surface area contributed by atoms with Gasteiger partial charge in [0.1, 0.15) is 6.07 Å². The molecular weight excluding hydrogens is 360 g/mol. The summed E-state index contributed by atoms with van der Waals surface area (Å²) in [4.78, 5) is 28.1. The SMILES string of the molecule is CCNC(=O)c1cc(-c2cn(C3CCCC3)c3c(C#N)c[nH]c(=O)c23)cs1. The molecule has 3 heterocycles. The normalized spacial score (nSPS) is 14.5. The van der Waals surface area contributed by atoms with Crippen molar-refractivity contribution in [3.05, 3.63) is 44.6 Å². The van der Waals surface area contributed by atoms with E-state index in [9.17, 15) is 14.9 Å². The maximum absolute atomic E-state index is 12.7. The van der Waals surface area contributed by atoms with E-state index in [1.807, 2.05) is 24.6 Å². The number of thiophene rings is 1. The standard InChI is InChI=1S/C20H20N4O2S/c1-2-22-19(25)16-7-12(11-27-16)15-10-24(14-5-3-4-6-14)18-13(8-21)9-23-20(26)17(15)18/h7,9-11,14H,2-6H2,1H3,(H,22,25)(H,23,26). The number of H-pyrrole nitrogens is 1. The number of aromatic amines is 1. The first kappa shape index (κ1) is 17.6. The van der Waals surface area contributed by atoms with Gasteiger partial charge in [0, 0.05) is 30.5 Å². The van der Waals surface area contributed by atoms with Gasteiger partial charge in [0.05, 0.1) is 21.3 Å². The number of rotatable bonds is 4. The molecule has 6 nitrogen and oxygen atoms in total. The Morgan fingerprint density at radius 1 is 1.44 bits per heavy atom. The van der Waals surface area contributed by atoms with Crippen LogP contribution in [0.15, 0.2) is 28.6 Å². The summed E-state index contributed by atoms with van der Waals surface area (Å²) in [6.45, 7) is 2.45. The molecule has 3 aromatic heterocycles. The second-order valence-electron chi connectivity index (χ2n) is 6.81. The minimum atomic E-state index is -0.207. The number of amides is 1. The molecule has 138 valence electrons. The van der Waals surface area contributed by atoms with E-state index in [0.717, 1.165) is 36.8 Å². The lowest BCUT2D eigenvalue weighted by molar-refractivity contribution is 0.0960. The third-order valence-electron chi connectivity index (χ3n) is 5.17. The van der Waals surface area contributed by atoms with Gasteiger partial charge in [-0.25, -0.2) is 0 Å². The first-order chi connectivity index (χ1) is 13.1. The monoisotopic (exact) mass is 380 g/mol. The maximum Gasteiger partial charge on any atom is 0.261 e. The van der Waals surface area contributed by atoms with Gasteiger partial charge in [-0.05, 0) is 36.8 Å². The first-order valence-corrected chi connectivity index (χ1v) is 10.1. The lowest BCUT2D eigenvalue weighted by Gasteiger charge is -2.13. The van der Waals surface area contributed by atoms with Crippen LogP contribution >= 0.6 is 11.3 Å². The molecule has 27 heavy (non-hydrogen) atoms. The molecule has 0 spiro atoms. The molecule has 1 fully saturated rings. The van der Waals surface area contributed by atoms with Gasteiger partial charge in [0.15, 0.2) is 0 Å². The van der Waals surface area contributed by atoms with Gasteiger partial charge in [0.25, 0.3) is 11.5 Å². The van der Waals surface area contributed by atoms with Gasteiger partial charge in [-0.3, -0.25) is 9.59 Å². The number of nitrogens with zero attached hydrogens (tertiary/aromatic N) is 2. The molecule has 0 atom stereocenters. The predicted molar refractivity (Wildman–Crippen MR) is 106 cm³/mol. The summed E-state index contributed by atoms with van der Waals surface area (Å²) in [5.41, 5.74) is 2.59. The van der Waals surface area contributed by atoms with Crippen molar-refractivity contribution in [2.24, 2.45) is 0 Å². The zero-order valence-corrected chi connectivity index (χ0v) is 15.9. The fourth-order valence-electron chi connectivity index (χ4n) is 3.93. The van der Waals surface area contributed by atoms with E-state index >= 15 is 0 Å². The molecule has 2 N–H and O–H groups in total. The maximum atomic E-state index is 12.7. The summed E-state index contributed by atoms with van der Waals surface area (Å²) in [5, 5.41) is 14.8. The zero-order chi connectivity index (χ0) is 19.0. The van der Waals surface area contributed by atoms with Crippen LogP contribution in [-0.4, -0.2) is 22.0 Å². The van der Waals surface area contributed by atoms with Crippen molar-refractivity contribution in [1.29, 1.82) is 5.26 Å². The minimum Gasteiger partial charge on any atom is -0.352 e. The number of carbonyl (C=O) groups excluding carboxylic acids is 1. The molecule has 0 bridgehead atoms. The number of pyridine rings is 1. The molecule has 0 saturated heterocycles. The highest BCUT2D eigenvalue weighted by molar-refractivity contribution is 7.12. The number of aromatic nitrogens is 2. The van der Waals surface area contributed by atoms with Crippen LogP contribution in [-0.2, 0) is 0 Å². The van der Waals surface area contributed by atoms with E-state index in [1.165, 1.54) is 17.5 Å². The second-order valence-corrected chi connectivity index (χ2v) is 7.73. The van der Waals surface area contributed by atoms with Crippen molar-refractivity contribution < 1.29 is 4.79 Å². The Bertz CT molecular complexity index is 1110. The first-order valence-electron chi connectivity index (χ1n) is 9.17. The van der Waals surface area contributed by atoms with E-state index in [4.69, 9.17) is 0 Å². The van der Waals surface area contributed by atoms with E-state index in [0.29, 0.717) is 33.9 Å². The van der Waals surface area contributed by atoms with Gasteiger partial charge in [-0.15, -0.1) is 11.3 Å². The van der Waals surface area contributed by atoms with Crippen LogP contribution in [0.2, 0.25) is 0 Å². The third kappa shape index (κ3) is 2.96. The fourth-order valence-corrected chi connectivity index (χ4v) is 4.75. The number of hydrogen-bond donors (Lipinski definition) is 2. The topological polar surface area (TPSA) is 90.7 Å². The molecule has 1 aliphatic carbocycles. The highest BCUT2D eigenvalue weighted by atomic mass is 32.1. The molecule has 1 saturated carbocycles. The Morgan fingerprint density at radius 3 is 2.93 bits per heavy atom. The Kier molecular flexibility index (Phi) is 4.58. The van der Waals surface area contributed by atoms with Gasteiger partial charge >= 0.3 is 0 Å². The Labute approximate surface area is 160 Å². The van der Waals surface area contributed by atoms with Crippen LogP contribution < -0.4 is 10.9 Å². The summed E-state index contributed by atoms with van der Waals surface area (Å²) in [5.74, 6) is -0.111. The van der Waals surface area contributed by atoms with E-state index in [2.05, 4.69) is 20.9 Å². The van der Waals surface area contributed by atoms with Gasteiger partial charge in [0.2, 0.25) is 0 Å². The van der Waals surface area contributed by atoms with Crippen molar-refractivity contribution in [3.63, 3.8) is 0 Å². The third-order valence-corrected chi connectivity index (χ3v) is 6.10. The van der Waals surface area contributed by atoms with Crippen molar-refractivity contribution in [2.45, 2.75) is 38.6 Å². The number of fused-ring (bicyclic) bond motifs is 1. The Hall–Kier alpha value is -2.85. The van der Waals surface area contributed by atoms with Crippen molar-refractivity contribution in [3.8, 4) is 17.2 Å². The zero-order valence-electron chi connectivity index (χ0n) is 15.0. The van der Waals surface area contributed by atoms with Crippen molar-refractivity contribution in [2.75, 3.05) is 6.54 Å². The van der Waals surface area contributed by atoms with Crippen LogP contribution in [0.1, 0.15) is 53.9 Å². The van der Waals surface area contributed by atoms with E-state index < -0.39 is 0 Å².